The van der Waals surface area contributed by atoms with Crippen molar-refractivity contribution in [3.05, 3.63) is 108 Å². The molecule has 0 aromatic heterocycles. The molecule has 3 heteroatoms. The van der Waals surface area contributed by atoms with Gasteiger partial charge in [0, 0.05) is 23.5 Å². The molecule has 4 rings (SSSR count). The highest BCUT2D eigenvalue weighted by Crippen LogP contribution is 2.36. The minimum Gasteiger partial charge on any atom is -0.359 e. The average molecular weight is 356 g/mol. The predicted octanol–water partition coefficient (Wildman–Crippen LogP) is 5.96. The van der Waals surface area contributed by atoms with E-state index in [1.54, 1.807) is 0 Å². The Morgan fingerprint density at radius 3 is 2.00 bits per heavy atom. The highest BCUT2D eigenvalue weighted by atomic mass is 32.1. The van der Waals surface area contributed by atoms with Crippen molar-refractivity contribution in [3.8, 4) is 0 Å². The maximum atomic E-state index is 5.79. The van der Waals surface area contributed by atoms with Gasteiger partial charge in [-0.15, -0.1) is 0 Å². The Balaban J connectivity index is 1.70. The molecule has 0 radical (unpaired) electrons. The number of thiocarbonyl (C=S) groups is 1. The summed E-state index contributed by atoms with van der Waals surface area (Å²) in [4.78, 5) is 3.08. The number of anilines is 2. The van der Waals surface area contributed by atoms with E-state index >= 15 is 0 Å². The summed E-state index contributed by atoms with van der Waals surface area (Å²) in [5.41, 5.74) is 4.62. The van der Waals surface area contributed by atoms with E-state index in [0.717, 1.165) is 28.5 Å². The van der Waals surface area contributed by atoms with Crippen LogP contribution in [0.2, 0.25) is 0 Å². The topological polar surface area (TPSA) is 15.3 Å². The standard InChI is InChI=1S/C23H20N2S/c26-23-17-20(24-19-12-6-2-7-13-19)16-22(18-10-4-1-5-11-18)25(23)21-14-8-3-9-15-21/h1-15,17,22,24H,16H2. The van der Waals surface area contributed by atoms with E-state index in [0.29, 0.717) is 0 Å². The molecule has 3 aromatic rings. The van der Waals surface area contributed by atoms with Gasteiger partial charge in [0.1, 0.15) is 4.99 Å². The molecule has 1 heterocycles. The van der Waals surface area contributed by atoms with Crippen molar-refractivity contribution in [2.24, 2.45) is 0 Å². The largest absolute Gasteiger partial charge is 0.359 e. The zero-order chi connectivity index (χ0) is 17.8. The summed E-state index contributed by atoms with van der Waals surface area (Å²) in [6.07, 6.45) is 2.95. The van der Waals surface area contributed by atoms with E-state index < -0.39 is 0 Å². The van der Waals surface area contributed by atoms with Crippen LogP contribution in [0.1, 0.15) is 18.0 Å². The molecule has 2 nitrogen and oxygen atoms in total. The maximum Gasteiger partial charge on any atom is 0.108 e. The fourth-order valence-corrected chi connectivity index (χ4v) is 3.74. The van der Waals surface area contributed by atoms with Gasteiger partial charge in [0.05, 0.1) is 6.04 Å². The Labute approximate surface area is 159 Å². The fraction of sp³-hybridized carbons (Fsp3) is 0.0870. The number of para-hydroxylation sites is 2. The number of nitrogens with zero attached hydrogens (tertiary/aromatic N) is 1. The minimum atomic E-state index is 0.169. The zero-order valence-electron chi connectivity index (χ0n) is 14.4. The molecule has 128 valence electrons. The number of benzene rings is 3. The highest BCUT2D eigenvalue weighted by molar-refractivity contribution is 7.81. The Bertz CT molecular complexity index is 905. The van der Waals surface area contributed by atoms with Crippen LogP contribution >= 0.6 is 12.2 Å². The third-order valence-corrected chi connectivity index (χ3v) is 4.87. The van der Waals surface area contributed by atoms with Crippen LogP contribution in [0.3, 0.4) is 0 Å². The molecule has 0 spiro atoms. The van der Waals surface area contributed by atoms with E-state index in [4.69, 9.17) is 12.2 Å². The normalized spacial score (nSPS) is 16.9. The molecule has 1 aliphatic rings. The molecule has 1 aliphatic heterocycles. The SMILES string of the molecule is S=C1C=C(Nc2ccccc2)CC(c2ccccc2)N1c1ccccc1. The van der Waals surface area contributed by atoms with Crippen LogP contribution < -0.4 is 10.2 Å². The van der Waals surface area contributed by atoms with E-state index in [2.05, 4.69) is 83.0 Å². The van der Waals surface area contributed by atoms with Crippen LogP contribution in [0.5, 0.6) is 0 Å². The van der Waals surface area contributed by atoms with Gasteiger partial charge in [-0.05, 0) is 35.9 Å². The van der Waals surface area contributed by atoms with Gasteiger partial charge in [-0.2, -0.15) is 0 Å². The molecule has 0 saturated heterocycles. The first kappa shape index (κ1) is 16.6. The molecular weight excluding hydrogens is 336 g/mol. The highest BCUT2D eigenvalue weighted by Gasteiger charge is 2.28. The summed E-state index contributed by atoms with van der Waals surface area (Å²) < 4.78 is 0. The van der Waals surface area contributed by atoms with Crippen molar-refractivity contribution >= 4 is 28.6 Å². The lowest BCUT2D eigenvalue weighted by Crippen LogP contribution is -2.37. The van der Waals surface area contributed by atoms with Crippen molar-refractivity contribution in [1.82, 2.24) is 0 Å². The van der Waals surface area contributed by atoms with Gasteiger partial charge in [-0.3, -0.25) is 0 Å². The second-order valence-electron chi connectivity index (χ2n) is 6.33. The predicted molar refractivity (Wildman–Crippen MR) is 113 cm³/mol. The van der Waals surface area contributed by atoms with Crippen molar-refractivity contribution in [1.29, 1.82) is 0 Å². The van der Waals surface area contributed by atoms with Gasteiger partial charge < -0.3 is 10.2 Å². The molecule has 1 N–H and O–H groups in total. The van der Waals surface area contributed by atoms with Gasteiger partial charge in [0.2, 0.25) is 0 Å². The Morgan fingerprint density at radius 1 is 0.769 bits per heavy atom. The summed E-state index contributed by atoms with van der Waals surface area (Å²) in [6.45, 7) is 0. The number of hydrogen-bond donors (Lipinski definition) is 1. The molecule has 0 saturated carbocycles. The molecule has 1 unspecified atom stereocenters. The Hall–Kier alpha value is -2.91. The smallest absolute Gasteiger partial charge is 0.108 e. The van der Waals surface area contributed by atoms with Gasteiger partial charge >= 0.3 is 0 Å². The third kappa shape index (κ3) is 3.53. The maximum absolute atomic E-state index is 5.79. The van der Waals surface area contributed by atoms with Crippen molar-refractivity contribution < 1.29 is 0 Å². The molecule has 3 aromatic carbocycles. The summed E-state index contributed by atoms with van der Waals surface area (Å²) in [5.74, 6) is 0. The van der Waals surface area contributed by atoms with Gasteiger partial charge in [0.25, 0.3) is 0 Å². The quantitative estimate of drug-likeness (QED) is 0.581. The van der Waals surface area contributed by atoms with Crippen LogP contribution in [0.4, 0.5) is 11.4 Å². The molecule has 0 amide bonds. The van der Waals surface area contributed by atoms with Crippen molar-refractivity contribution in [2.45, 2.75) is 12.5 Å². The summed E-state index contributed by atoms with van der Waals surface area (Å²) in [7, 11) is 0. The average Bonchev–Trinajstić information content (AvgIpc) is 2.70. The lowest BCUT2D eigenvalue weighted by Gasteiger charge is -2.37. The Morgan fingerprint density at radius 2 is 1.35 bits per heavy atom. The molecule has 26 heavy (non-hydrogen) atoms. The van der Waals surface area contributed by atoms with Crippen molar-refractivity contribution in [3.63, 3.8) is 0 Å². The number of nitrogens with one attached hydrogen (secondary N) is 1. The summed E-state index contributed by atoms with van der Waals surface area (Å²) in [6, 6.07) is 31.4. The first-order valence-electron chi connectivity index (χ1n) is 8.77. The number of hydrogen-bond acceptors (Lipinski definition) is 2. The van der Waals surface area contributed by atoms with Crippen LogP contribution in [-0.4, -0.2) is 4.99 Å². The molecule has 1 atom stereocenters. The lowest BCUT2D eigenvalue weighted by atomic mass is 9.96. The second kappa shape index (κ2) is 7.54. The van der Waals surface area contributed by atoms with Gasteiger partial charge in [-0.25, -0.2) is 0 Å². The second-order valence-corrected chi connectivity index (χ2v) is 6.75. The molecular formula is C23H20N2S. The van der Waals surface area contributed by atoms with E-state index in [1.807, 2.05) is 24.3 Å². The van der Waals surface area contributed by atoms with E-state index in [1.165, 1.54) is 5.56 Å². The summed E-state index contributed by atoms with van der Waals surface area (Å²) >= 11 is 5.79. The van der Waals surface area contributed by atoms with E-state index in [-0.39, 0.29) is 6.04 Å². The first-order valence-corrected chi connectivity index (χ1v) is 9.18. The third-order valence-electron chi connectivity index (χ3n) is 4.56. The monoisotopic (exact) mass is 356 g/mol. The van der Waals surface area contributed by atoms with Crippen molar-refractivity contribution in [2.75, 3.05) is 10.2 Å². The van der Waals surface area contributed by atoms with Crippen LogP contribution in [0, 0.1) is 0 Å². The van der Waals surface area contributed by atoms with E-state index in [9.17, 15) is 0 Å². The van der Waals surface area contributed by atoms with Crippen LogP contribution in [-0.2, 0) is 0 Å². The van der Waals surface area contributed by atoms with Crippen LogP contribution in [0.15, 0.2) is 103 Å². The molecule has 0 bridgehead atoms. The summed E-state index contributed by atoms with van der Waals surface area (Å²) in [5, 5.41) is 3.53. The Kier molecular flexibility index (Phi) is 4.80. The first-order chi connectivity index (χ1) is 12.8. The minimum absolute atomic E-state index is 0.169. The molecule has 0 fully saturated rings. The molecule has 0 aliphatic carbocycles. The van der Waals surface area contributed by atoms with Gasteiger partial charge in [-0.1, -0.05) is 78.9 Å². The number of rotatable bonds is 4. The van der Waals surface area contributed by atoms with Gasteiger partial charge in [0.15, 0.2) is 0 Å². The lowest BCUT2D eigenvalue weighted by molar-refractivity contribution is 0.695. The zero-order valence-corrected chi connectivity index (χ0v) is 15.2. The fourth-order valence-electron chi connectivity index (χ4n) is 3.36. The van der Waals surface area contributed by atoms with Crippen LogP contribution in [0.25, 0.3) is 0 Å².